The van der Waals surface area contributed by atoms with Crippen LogP contribution in [0, 0.1) is 11.8 Å². The fraction of sp³-hybridized carbons (Fsp3) is 0.378. The molecule has 0 saturated heterocycles. The molecule has 8 nitrogen and oxygen atoms in total. The second-order valence-electron chi connectivity index (χ2n) is 11.6. The van der Waals surface area contributed by atoms with Crippen molar-refractivity contribution in [3.8, 4) is 5.75 Å². The highest BCUT2D eigenvalue weighted by Gasteiger charge is 2.26. The van der Waals surface area contributed by atoms with Gasteiger partial charge in [-0.05, 0) is 67.9 Å². The Hall–Kier alpha value is -4.43. The van der Waals surface area contributed by atoms with Crippen LogP contribution in [0.4, 0.5) is 0 Å². The fourth-order valence-electron chi connectivity index (χ4n) is 5.30. The zero-order chi connectivity index (χ0) is 31.9. The zero-order valence-corrected chi connectivity index (χ0v) is 25.9. The van der Waals surface area contributed by atoms with Crippen LogP contribution in [-0.2, 0) is 38.6 Å². The Morgan fingerprint density at radius 2 is 1.62 bits per heavy atom. The van der Waals surface area contributed by atoms with Crippen LogP contribution < -0.4 is 15.4 Å². The van der Waals surface area contributed by atoms with Crippen LogP contribution in [0.3, 0.4) is 0 Å². The van der Waals surface area contributed by atoms with E-state index < -0.39 is 18.1 Å². The van der Waals surface area contributed by atoms with Gasteiger partial charge in [0.1, 0.15) is 18.5 Å². The van der Waals surface area contributed by atoms with E-state index in [-0.39, 0.29) is 43.3 Å². The molecule has 0 bridgehead atoms. The summed E-state index contributed by atoms with van der Waals surface area (Å²) in [6.45, 7) is 2.15. The van der Waals surface area contributed by atoms with E-state index in [9.17, 15) is 19.5 Å². The third-order valence-electron chi connectivity index (χ3n) is 7.85. The van der Waals surface area contributed by atoms with E-state index in [0.717, 1.165) is 22.4 Å². The van der Waals surface area contributed by atoms with E-state index in [0.29, 0.717) is 38.7 Å². The van der Waals surface area contributed by atoms with Crippen LogP contribution in [0.15, 0.2) is 97.1 Å². The van der Waals surface area contributed by atoms with Gasteiger partial charge in [-0.1, -0.05) is 84.9 Å². The number of nitrogens with one attached hydrogen (secondary N) is 2. The molecule has 3 aromatic carbocycles. The summed E-state index contributed by atoms with van der Waals surface area (Å²) in [6.07, 6.45) is 6.05. The molecule has 1 aliphatic rings. The number of aliphatic hydroxyl groups is 1. The van der Waals surface area contributed by atoms with Gasteiger partial charge in [0.2, 0.25) is 11.8 Å². The molecule has 0 aliphatic carbocycles. The highest BCUT2D eigenvalue weighted by atomic mass is 16.5. The van der Waals surface area contributed by atoms with Crippen LogP contribution in [0.5, 0.6) is 5.75 Å². The van der Waals surface area contributed by atoms with Crippen molar-refractivity contribution < 1.29 is 29.0 Å². The predicted molar refractivity (Wildman–Crippen MR) is 173 cm³/mol. The number of aliphatic hydroxyl groups excluding tert-OH is 1. The second kappa shape index (κ2) is 17.8. The summed E-state index contributed by atoms with van der Waals surface area (Å²) in [5.74, 6) is -0.994. The number of rotatable bonds is 11. The molecule has 3 aromatic rings. The van der Waals surface area contributed by atoms with E-state index in [4.69, 9.17) is 9.47 Å². The minimum absolute atomic E-state index is 0.0241. The van der Waals surface area contributed by atoms with Crippen molar-refractivity contribution in [3.63, 3.8) is 0 Å². The van der Waals surface area contributed by atoms with Gasteiger partial charge in [0.25, 0.3) is 0 Å². The minimum atomic E-state index is -0.592. The summed E-state index contributed by atoms with van der Waals surface area (Å²) in [6, 6.07) is 26.9. The number of carbonyl (C=O) groups is 3. The van der Waals surface area contributed by atoms with E-state index in [2.05, 4.69) is 10.6 Å². The van der Waals surface area contributed by atoms with E-state index in [1.807, 2.05) is 97.1 Å². The molecule has 0 saturated carbocycles. The summed E-state index contributed by atoms with van der Waals surface area (Å²) in [7, 11) is 0. The van der Waals surface area contributed by atoms with E-state index in [1.165, 1.54) is 0 Å². The van der Waals surface area contributed by atoms with Gasteiger partial charge < -0.3 is 25.2 Å². The topological polar surface area (TPSA) is 114 Å². The lowest BCUT2D eigenvalue weighted by Gasteiger charge is -2.21. The molecule has 4 rings (SSSR count). The standard InChI is InChI=1S/C37H44N2O6/c1-27-24-38-36(42)31(15-9-4-10-16-32(37(43)45-27)21-28-11-5-2-6-12-28)23-35(41)39-33(25-40)22-29-17-19-34(20-18-29)44-26-30-13-7-3-8-14-30/h2-9,11-14,17-20,27,31-33,40H,10,15-16,21-26H2,1H3,(H,38,42)(H,39,41)/t27-,31+,32+,33-/m0/s1. The van der Waals surface area contributed by atoms with Crippen LogP contribution >= 0.6 is 0 Å². The summed E-state index contributed by atoms with van der Waals surface area (Å²) < 4.78 is 11.5. The van der Waals surface area contributed by atoms with Crippen molar-refractivity contribution in [2.75, 3.05) is 13.2 Å². The molecule has 1 aliphatic heterocycles. The molecular formula is C37H44N2O6. The highest BCUT2D eigenvalue weighted by Crippen LogP contribution is 2.20. The number of amides is 2. The smallest absolute Gasteiger partial charge is 0.309 e. The third-order valence-corrected chi connectivity index (χ3v) is 7.85. The Bertz CT molecular complexity index is 1380. The number of ether oxygens (including phenoxy) is 2. The summed E-state index contributed by atoms with van der Waals surface area (Å²) in [4.78, 5) is 39.1. The SMILES string of the molecule is C[C@H]1CNC(=O)[C@@H](CC(=O)N[C@H](CO)Cc2ccc(OCc3ccccc3)cc2)CC=CCC[C@H](Cc2ccccc2)C(=O)O1. The summed E-state index contributed by atoms with van der Waals surface area (Å²) in [5.41, 5.74) is 3.10. The summed E-state index contributed by atoms with van der Waals surface area (Å²) in [5, 5.41) is 15.7. The zero-order valence-electron chi connectivity index (χ0n) is 25.9. The van der Waals surface area contributed by atoms with Gasteiger partial charge in [-0.15, -0.1) is 0 Å². The van der Waals surface area contributed by atoms with Gasteiger partial charge in [0.15, 0.2) is 0 Å². The van der Waals surface area contributed by atoms with E-state index >= 15 is 0 Å². The van der Waals surface area contributed by atoms with Crippen molar-refractivity contribution >= 4 is 17.8 Å². The minimum Gasteiger partial charge on any atom is -0.489 e. The normalized spacial score (nSPS) is 20.0. The molecule has 8 heteroatoms. The maximum Gasteiger partial charge on any atom is 0.309 e. The lowest BCUT2D eigenvalue weighted by Crippen LogP contribution is -2.42. The molecule has 0 unspecified atom stereocenters. The molecule has 0 radical (unpaired) electrons. The van der Waals surface area contributed by atoms with E-state index in [1.54, 1.807) is 6.92 Å². The van der Waals surface area contributed by atoms with Crippen LogP contribution in [-0.4, -0.2) is 48.2 Å². The number of benzene rings is 3. The molecule has 1 heterocycles. The first-order valence-corrected chi connectivity index (χ1v) is 15.7. The lowest BCUT2D eigenvalue weighted by atomic mass is 9.94. The Morgan fingerprint density at radius 1 is 0.933 bits per heavy atom. The van der Waals surface area contributed by atoms with Crippen molar-refractivity contribution in [2.24, 2.45) is 11.8 Å². The predicted octanol–water partition coefficient (Wildman–Crippen LogP) is 4.94. The van der Waals surface area contributed by atoms with Gasteiger partial charge in [-0.25, -0.2) is 0 Å². The fourth-order valence-corrected chi connectivity index (χ4v) is 5.30. The Kier molecular flexibility index (Phi) is 13.2. The number of allylic oxidation sites excluding steroid dienone is 2. The Balaban J connectivity index is 1.29. The third kappa shape index (κ3) is 11.5. The average Bonchev–Trinajstić information content (AvgIpc) is 3.06. The largest absolute Gasteiger partial charge is 0.489 e. The highest BCUT2D eigenvalue weighted by molar-refractivity contribution is 5.86. The second-order valence-corrected chi connectivity index (χ2v) is 11.6. The number of carbonyl (C=O) groups excluding carboxylic acids is 3. The maximum absolute atomic E-state index is 13.1. The molecule has 4 atom stereocenters. The quantitative estimate of drug-likeness (QED) is 0.209. The first-order chi connectivity index (χ1) is 21.9. The lowest BCUT2D eigenvalue weighted by molar-refractivity contribution is -0.153. The number of hydrogen-bond acceptors (Lipinski definition) is 6. The first-order valence-electron chi connectivity index (χ1n) is 15.7. The number of cyclic esters (lactones) is 1. The molecule has 45 heavy (non-hydrogen) atoms. The molecule has 2 amide bonds. The van der Waals surface area contributed by atoms with Crippen LogP contribution in [0.2, 0.25) is 0 Å². The number of esters is 1. The Labute approximate surface area is 265 Å². The van der Waals surface area contributed by atoms with Crippen LogP contribution in [0.25, 0.3) is 0 Å². The molecule has 0 aromatic heterocycles. The van der Waals surface area contributed by atoms with Crippen molar-refractivity contribution in [3.05, 3.63) is 114 Å². The average molecular weight is 613 g/mol. The molecule has 0 fully saturated rings. The van der Waals surface area contributed by atoms with Gasteiger partial charge in [-0.3, -0.25) is 14.4 Å². The first kappa shape index (κ1) is 33.5. The number of hydrogen-bond donors (Lipinski definition) is 3. The van der Waals surface area contributed by atoms with Gasteiger partial charge in [0, 0.05) is 6.42 Å². The molecular weight excluding hydrogens is 568 g/mol. The molecule has 0 spiro atoms. The van der Waals surface area contributed by atoms with Crippen molar-refractivity contribution in [1.82, 2.24) is 10.6 Å². The Morgan fingerprint density at radius 3 is 2.31 bits per heavy atom. The van der Waals surface area contributed by atoms with Crippen LogP contribution in [0.1, 0.15) is 49.3 Å². The van der Waals surface area contributed by atoms with Crippen molar-refractivity contribution in [1.29, 1.82) is 0 Å². The summed E-state index contributed by atoms with van der Waals surface area (Å²) >= 11 is 0. The maximum atomic E-state index is 13.1. The molecule has 238 valence electrons. The van der Waals surface area contributed by atoms with Crippen molar-refractivity contribution in [2.45, 2.75) is 64.2 Å². The monoisotopic (exact) mass is 612 g/mol. The molecule has 3 N–H and O–H groups in total. The van der Waals surface area contributed by atoms with Gasteiger partial charge >= 0.3 is 5.97 Å². The van der Waals surface area contributed by atoms with Gasteiger partial charge in [-0.2, -0.15) is 0 Å². The van der Waals surface area contributed by atoms with Gasteiger partial charge in [0.05, 0.1) is 31.0 Å².